The van der Waals surface area contributed by atoms with E-state index in [-0.39, 0.29) is 18.4 Å². The minimum Gasteiger partial charge on any atom is -0.316 e. The van der Waals surface area contributed by atoms with Crippen molar-refractivity contribution in [3.05, 3.63) is 0 Å². The molecular weight excluding hydrogens is 99.5 g/mol. The van der Waals surface area contributed by atoms with E-state index in [1.165, 1.54) is 0 Å². The van der Waals surface area contributed by atoms with E-state index in [2.05, 4.69) is 0 Å². The Morgan fingerprint density at radius 3 is 2.00 bits per heavy atom. The molecule has 0 heterocycles. The monoisotopic (exact) mass is 106 g/mol. The van der Waals surface area contributed by atoms with Gasteiger partial charge >= 0.3 is 0 Å². The number of nitrogens with zero attached hydrogens (tertiary/aromatic N) is 1. The van der Waals surface area contributed by atoms with E-state index in [0.717, 1.165) is 0 Å². The third kappa shape index (κ3) is 9.27. The zero-order valence-electron chi connectivity index (χ0n) is 3.51. The molecule has 0 radical (unpaired) electrons. The van der Waals surface area contributed by atoms with Crippen LogP contribution in [0.25, 0.3) is 0 Å². The summed E-state index contributed by atoms with van der Waals surface area (Å²) in [6, 6.07) is 1.50. The van der Waals surface area contributed by atoms with Gasteiger partial charge in [0.05, 0.1) is 12.1 Å². The Morgan fingerprint density at radius 2 is 2.00 bits per heavy atom. The van der Waals surface area contributed by atoms with Gasteiger partial charge in [-0.1, -0.05) is 0 Å². The number of hydrogen-bond acceptors (Lipinski definition) is 2. The third-order valence-electron chi connectivity index (χ3n) is 0.204. The molecule has 0 spiro atoms. The number of halogens is 1. The van der Waals surface area contributed by atoms with Gasteiger partial charge in [0, 0.05) is 0 Å². The molecule has 3 heteroatoms. The topological polar surface area (TPSA) is 49.8 Å². The fourth-order valence-electron chi connectivity index (χ4n) is 0. The maximum Gasteiger partial charge on any atom is 0.0899 e. The largest absolute Gasteiger partial charge is 0.316 e. The first kappa shape index (κ1) is 9.22. The second-order valence-corrected chi connectivity index (χ2v) is 0.918. The molecule has 0 aromatic heterocycles. The van der Waals surface area contributed by atoms with Crippen molar-refractivity contribution >= 4 is 12.4 Å². The molecule has 0 amide bonds. The first-order valence-electron chi connectivity index (χ1n) is 1.42. The fourth-order valence-corrected chi connectivity index (χ4v) is 0. The minimum atomic E-state index is -0.310. The Hall–Kier alpha value is -0.260. The fraction of sp³-hybridized carbons (Fsp3) is 0.667. The molecule has 0 aromatic rings. The second kappa shape index (κ2) is 4.74. The van der Waals surface area contributed by atoms with Crippen LogP contribution in [0.5, 0.6) is 0 Å². The molecule has 2 nitrogen and oxygen atoms in total. The van der Waals surface area contributed by atoms with Crippen LogP contribution in [0.2, 0.25) is 0 Å². The van der Waals surface area contributed by atoms with Gasteiger partial charge in [-0.15, -0.1) is 12.4 Å². The molecule has 0 aliphatic rings. The Balaban J connectivity index is 0. The summed E-state index contributed by atoms with van der Waals surface area (Å²) in [7, 11) is 0. The highest BCUT2D eigenvalue weighted by Gasteiger charge is 1.78. The van der Waals surface area contributed by atoms with Gasteiger partial charge in [-0.25, -0.2) is 0 Å². The second-order valence-electron chi connectivity index (χ2n) is 0.918. The van der Waals surface area contributed by atoms with Gasteiger partial charge in [0.1, 0.15) is 0 Å². The van der Waals surface area contributed by atoms with E-state index in [0.29, 0.717) is 0 Å². The SMILES string of the molecule is CC(N)C#N.Cl. The lowest BCUT2D eigenvalue weighted by Gasteiger charge is -1.78. The van der Waals surface area contributed by atoms with Crippen molar-refractivity contribution in [1.29, 1.82) is 5.26 Å². The van der Waals surface area contributed by atoms with Crippen molar-refractivity contribution in [2.24, 2.45) is 5.73 Å². The molecule has 6 heavy (non-hydrogen) atoms. The maximum absolute atomic E-state index is 7.77. The van der Waals surface area contributed by atoms with Crippen LogP contribution in [-0.2, 0) is 0 Å². The van der Waals surface area contributed by atoms with Crippen LogP contribution in [-0.4, -0.2) is 6.04 Å². The van der Waals surface area contributed by atoms with Crippen molar-refractivity contribution < 1.29 is 0 Å². The quantitative estimate of drug-likeness (QED) is 0.482. The van der Waals surface area contributed by atoms with Crippen molar-refractivity contribution in [1.82, 2.24) is 0 Å². The van der Waals surface area contributed by atoms with Gasteiger partial charge in [-0.3, -0.25) is 0 Å². The predicted molar refractivity (Wildman–Crippen MR) is 26.5 cm³/mol. The molecule has 36 valence electrons. The smallest absolute Gasteiger partial charge is 0.0899 e. The van der Waals surface area contributed by atoms with E-state index < -0.39 is 0 Å². The molecule has 0 fully saturated rings. The summed E-state index contributed by atoms with van der Waals surface area (Å²) in [4.78, 5) is 0. The van der Waals surface area contributed by atoms with E-state index in [1.54, 1.807) is 13.0 Å². The summed E-state index contributed by atoms with van der Waals surface area (Å²) >= 11 is 0. The Morgan fingerprint density at radius 1 is 1.83 bits per heavy atom. The average Bonchev–Trinajstić information content (AvgIpc) is 1.38. The van der Waals surface area contributed by atoms with Crippen LogP contribution in [0, 0.1) is 11.3 Å². The lowest BCUT2D eigenvalue weighted by atomic mass is 10.4. The standard InChI is InChI=1S/C3H6N2.ClH/c1-3(5)2-4;/h3H,5H2,1H3;1H. The zero-order chi connectivity index (χ0) is 4.28. The highest BCUT2D eigenvalue weighted by Crippen LogP contribution is 1.59. The Bertz CT molecular complexity index is 54.3. The van der Waals surface area contributed by atoms with Crippen molar-refractivity contribution in [3.8, 4) is 6.07 Å². The molecule has 0 bridgehead atoms. The average molecular weight is 107 g/mol. The summed E-state index contributed by atoms with van der Waals surface area (Å²) in [5.41, 5.74) is 4.93. The van der Waals surface area contributed by atoms with Gasteiger partial charge in [-0.2, -0.15) is 5.26 Å². The molecule has 0 aromatic carbocycles. The number of rotatable bonds is 0. The highest BCUT2D eigenvalue weighted by atomic mass is 35.5. The van der Waals surface area contributed by atoms with E-state index in [1.807, 2.05) is 0 Å². The van der Waals surface area contributed by atoms with Gasteiger partial charge in [0.25, 0.3) is 0 Å². The van der Waals surface area contributed by atoms with Crippen molar-refractivity contribution in [2.45, 2.75) is 13.0 Å². The van der Waals surface area contributed by atoms with Gasteiger partial charge < -0.3 is 5.73 Å². The molecule has 0 rings (SSSR count). The minimum absolute atomic E-state index is 0. The third-order valence-corrected chi connectivity index (χ3v) is 0.204. The number of nitrogens with two attached hydrogens (primary N) is 1. The number of hydrogen-bond donors (Lipinski definition) is 1. The van der Waals surface area contributed by atoms with Gasteiger partial charge in [0.15, 0.2) is 0 Å². The zero-order valence-corrected chi connectivity index (χ0v) is 4.33. The molecule has 1 atom stereocenters. The normalized spacial score (nSPS) is 10.8. The van der Waals surface area contributed by atoms with Crippen LogP contribution in [0.1, 0.15) is 6.92 Å². The highest BCUT2D eigenvalue weighted by molar-refractivity contribution is 5.85. The molecule has 0 aliphatic carbocycles. The lowest BCUT2D eigenvalue weighted by molar-refractivity contribution is 0.940. The first-order chi connectivity index (χ1) is 2.27. The molecule has 1 unspecified atom stereocenters. The van der Waals surface area contributed by atoms with E-state index in [4.69, 9.17) is 11.0 Å². The Kier molecular flexibility index (Phi) is 7.28. The maximum atomic E-state index is 7.77. The van der Waals surface area contributed by atoms with Crippen LogP contribution in [0.3, 0.4) is 0 Å². The van der Waals surface area contributed by atoms with E-state index in [9.17, 15) is 0 Å². The van der Waals surface area contributed by atoms with Crippen LogP contribution in [0.15, 0.2) is 0 Å². The summed E-state index contributed by atoms with van der Waals surface area (Å²) < 4.78 is 0. The molecule has 0 saturated heterocycles. The summed E-state index contributed by atoms with van der Waals surface area (Å²) in [5.74, 6) is 0. The van der Waals surface area contributed by atoms with Crippen LogP contribution < -0.4 is 5.73 Å². The summed E-state index contributed by atoms with van der Waals surface area (Å²) in [6.07, 6.45) is 0. The van der Waals surface area contributed by atoms with Crippen molar-refractivity contribution in [3.63, 3.8) is 0 Å². The van der Waals surface area contributed by atoms with Gasteiger partial charge in [-0.05, 0) is 6.92 Å². The lowest BCUT2D eigenvalue weighted by Crippen LogP contribution is -2.09. The first-order valence-corrected chi connectivity index (χ1v) is 1.42. The number of nitriles is 1. The molecule has 0 aliphatic heterocycles. The Labute approximate surface area is 43.4 Å². The van der Waals surface area contributed by atoms with Crippen LogP contribution in [0.4, 0.5) is 0 Å². The molecular formula is C3H7ClN2. The van der Waals surface area contributed by atoms with Crippen molar-refractivity contribution in [2.75, 3.05) is 0 Å². The summed E-state index contributed by atoms with van der Waals surface area (Å²) in [5, 5.41) is 7.77. The molecule has 0 saturated carbocycles. The summed E-state index contributed by atoms with van der Waals surface area (Å²) in [6.45, 7) is 1.64. The van der Waals surface area contributed by atoms with Gasteiger partial charge in [0.2, 0.25) is 0 Å². The predicted octanol–water partition coefficient (Wildman–Crippen LogP) is 0.279. The molecule has 2 N–H and O–H groups in total. The van der Waals surface area contributed by atoms with E-state index >= 15 is 0 Å². The van der Waals surface area contributed by atoms with Crippen LogP contribution >= 0.6 is 12.4 Å².